The van der Waals surface area contributed by atoms with E-state index in [1.54, 1.807) is 13.2 Å². The summed E-state index contributed by atoms with van der Waals surface area (Å²) in [6.45, 7) is 0. The van der Waals surface area contributed by atoms with E-state index < -0.39 is 0 Å². The number of amides is 1. The number of halogens is 1. The number of methoxy groups -OCH3 is 1. The van der Waals surface area contributed by atoms with Crippen molar-refractivity contribution in [1.29, 1.82) is 0 Å². The van der Waals surface area contributed by atoms with Gasteiger partial charge in [0.25, 0.3) is 0 Å². The van der Waals surface area contributed by atoms with Crippen molar-refractivity contribution >= 4 is 23.2 Å². The highest BCUT2D eigenvalue weighted by atomic mass is 35.5. The average molecular weight is 288 g/mol. The maximum atomic E-state index is 12.2. The molecule has 0 aromatic heterocycles. The van der Waals surface area contributed by atoms with E-state index in [9.17, 15) is 4.79 Å². The Morgan fingerprint density at radius 1 is 1.25 bits per heavy atom. The fourth-order valence-corrected chi connectivity index (χ4v) is 2.77. The molecule has 0 saturated heterocycles. The second-order valence-corrected chi connectivity index (χ2v) is 5.23. The van der Waals surface area contributed by atoms with E-state index in [4.69, 9.17) is 16.3 Å². The van der Waals surface area contributed by atoms with Crippen LogP contribution in [0.3, 0.4) is 0 Å². The van der Waals surface area contributed by atoms with Gasteiger partial charge in [0.05, 0.1) is 13.0 Å². The van der Waals surface area contributed by atoms with Crippen LogP contribution in [0.5, 0.6) is 5.75 Å². The van der Waals surface area contributed by atoms with Gasteiger partial charge < -0.3 is 10.1 Å². The van der Waals surface area contributed by atoms with Crippen molar-refractivity contribution in [3.63, 3.8) is 0 Å². The third-order valence-electron chi connectivity index (χ3n) is 3.58. The molecular formula is C16H14ClNO2. The molecule has 2 aromatic rings. The molecule has 20 heavy (non-hydrogen) atoms. The summed E-state index contributed by atoms with van der Waals surface area (Å²) in [5, 5.41) is 3.54. The van der Waals surface area contributed by atoms with Crippen LogP contribution < -0.4 is 10.1 Å². The quantitative estimate of drug-likeness (QED) is 0.936. The van der Waals surface area contributed by atoms with Gasteiger partial charge in [0.2, 0.25) is 5.91 Å². The predicted molar refractivity (Wildman–Crippen MR) is 79.5 cm³/mol. The Bertz CT molecular complexity index is 669. The van der Waals surface area contributed by atoms with Gasteiger partial charge in [-0.05, 0) is 41.8 Å². The van der Waals surface area contributed by atoms with Crippen LogP contribution in [0.4, 0.5) is 5.69 Å². The van der Waals surface area contributed by atoms with E-state index in [1.807, 2.05) is 36.4 Å². The van der Waals surface area contributed by atoms with Crippen LogP contribution in [0, 0.1) is 0 Å². The van der Waals surface area contributed by atoms with Crippen molar-refractivity contribution in [1.82, 2.24) is 0 Å². The third kappa shape index (κ3) is 2.25. The first-order valence-electron chi connectivity index (χ1n) is 6.41. The number of nitrogens with one attached hydrogen (secondary N) is 1. The predicted octanol–water partition coefficient (Wildman–Crippen LogP) is 3.63. The topological polar surface area (TPSA) is 38.3 Å². The van der Waals surface area contributed by atoms with Crippen molar-refractivity contribution in [3.8, 4) is 5.75 Å². The molecule has 0 fully saturated rings. The zero-order valence-electron chi connectivity index (χ0n) is 11.0. The molecule has 0 radical (unpaired) electrons. The summed E-state index contributed by atoms with van der Waals surface area (Å²) in [6.07, 6.45) is 0.600. The highest BCUT2D eigenvalue weighted by Gasteiger charge is 2.31. The lowest BCUT2D eigenvalue weighted by molar-refractivity contribution is -0.117. The Labute approximate surface area is 122 Å². The number of ether oxygens (including phenoxy) is 1. The van der Waals surface area contributed by atoms with Crippen molar-refractivity contribution in [2.24, 2.45) is 0 Å². The van der Waals surface area contributed by atoms with E-state index >= 15 is 0 Å². The molecule has 0 saturated carbocycles. The van der Waals surface area contributed by atoms with Gasteiger partial charge in [0, 0.05) is 10.7 Å². The van der Waals surface area contributed by atoms with Crippen molar-refractivity contribution in [2.75, 3.05) is 12.4 Å². The molecule has 0 aliphatic carbocycles. The second-order valence-electron chi connectivity index (χ2n) is 4.79. The minimum Gasteiger partial charge on any atom is -0.496 e. The molecule has 3 nitrogen and oxygen atoms in total. The fraction of sp³-hybridized carbons (Fsp3) is 0.188. The van der Waals surface area contributed by atoms with Crippen LogP contribution in [0.2, 0.25) is 5.02 Å². The van der Waals surface area contributed by atoms with Gasteiger partial charge in [-0.15, -0.1) is 0 Å². The normalized spacial score (nSPS) is 16.7. The molecule has 1 N–H and O–H groups in total. The summed E-state index contributed by atoms with van der Waals surface area (Å²) in [7, 11) is 1.64. The summed E-state index contributed by atoms with van der Waals surface area (Å²) in [6, 6.07) is 13.2. The first-order chi connectivity index (χ1) is 9.69. The van der Waals surface area contributed by atoms with Gasteiger partial charge in [-0.1, -0.05) is 29.8 Å². The zero-order valence-corrected chi connectivity index (χ0v) is 11.8. The maximum absolute atomic E-state index is 12.2. The van der Waals surface area contributed by atoms with E-state index in [1.165, 1.54) is 0 Å². The number of carbonyl (C=O) groups excluding carboxylic acids is 1. The Balaban J connectivity index is 1.96. The molecule has 1 atom stereocenters. The van der Waals surface area contributed by atoms with E-state index in [0.29, 0.717) is 11.4 Å². The van der Waals surface area contributed by atoms with Gasteiger partial charge in [-0.2, -0.15) is 0 Å². The first-order valence-corrected chi connectivity index (χ1v) is 6.79. The summed E-state index contributed by atoms with van der Waals surface area (Å²) in [5.41, 5.74) is 2.82. The monoisotopic (exact) mass is 287 g/mol. The lowest BCUT2D eigenvalue weighted by Crippen LogP contribution is -2.14. The largest absolute Gasteiger partial charge is 0.496 e. The first kappa shape index (κ1) is 13.0. The molecule has 3 rings (SSSR count). The number of carbonyl (C=O) groups is 1. The summed E-state index contributed by atoms with van der Waals surface area (Å²) < 4.78 is 5.34. The van der Waals surface area contributed by atoms with Gasteiger partial charge in [-0.3, -0.25) is 4.79 Å². The van der Waals surface area contributed by atoms with Crippen LogP contribution in [0.1, 0.15) is 17.0 Å². The van der Waals surface area contributed by atoms with Crippen LogP contribution in [0.15, 0.2) is 42.5 Å². The Morgan fingerprint density at radius 3 is 2.85 bits per heavy atom. The van der Waals surface area contributed by atoms with Crippen molar-refractivity contribution in [3.05, 3.63) is 58.6 Å². The fourth-order valence-electron chi connectivity index (χ4n) is 2.59. The number of benzene rings is 2. The minimum absolute atomic E-state index is 0.00757. The van der Waals surface area contributed by atoms with Gasteiger partial charge >= 0.3 is 0 Å². The van der Waals surface area contributed by atoms with E-state index in [2.05, 4.69) is 5.32 Å². The SMILES string of the molecule is COc1ccccc1CC1C(=O)Nc2ccc(Cl)cc21. The molecule has 1 amide bonds. The molecular weight excluding hydrogens is 274 g/mol. The van der Waals surface area contributed by atoms with Gasteiger partial charge in [0.1, 0.15) is 5.75 Å². The molecule has 4 heteroatoms. The minimum atomic E-state index is -0.222. The van der Waals surface area contributed by atoms with Crippen LogP contribution in [0.25, 0.3) is 0 Å². The Morgan fingerprint density at radius 2 is 2.05 bits per heavy atom. The van der Waals surface area contributed by atoms with E-state index in [-0.39, 0.29) is 11.8 Å². The van der Waals surface area contributed by atoms with Crippen molar-refractivity contribution < 1.29 is 9.53 Å². The average Bonchev–Trinajstić information content (AvgIpc) is 2.76. The molecule has 0 spiro atoms. The van der Waals surface area contributed by atoms with E-state index in [0.717, 1.165) is 22.6 Å². The molecule has 1 heterocycles. The maximum Gasteiger partial charge on any atom is 0.232 e. The second kappa shape index (κ2) is 5.17. The number of para-hydroxylation sites is 1. The lowest BCUT2D eigenvalue weighted by atomic mass is 9.93. The molecule has 0 bridgehead atoms. The zero-order chi connectivity index (χ0) is 14.1. The molecule has 1 aliphatic rings. The highest BCUT2D eigenvalue weighted by molar-refractivity contribution is 6.31. The molecule has 2 aromatic carbocycles. The number of fused-ring (bicyclic) bond motifs is 1. The molecule has 102 valence electrons. The third-order valence-corrected chi connectivity index (χ3v) is 3.82. The van der Waals surface area contributed by atoms with Crippen LogP contribution in [-0.2, 0) is 11.2 Å². The van der Waals surface area contributed by atoms with Crippen molar-refractivity contribution in [2.45, 2.75) is 12.3 Å². The van der Waals surface area contributed by atoms with Gasteiger partial charge in [-0.25, -0.2) is 0 Å². The smallest absolute Gasteiger partial charge is 0.232 e. The number of rotatable bonds is 3. The number of hydrogen-bond donors (Lipinski definition) is 1. The van der Waals surface area contributed by atoms with Crippen LogP contribution in [-0.4, -0.2) is 13.0 Å². The molecule has 1 unspecified atom stereocenters. The van der Waals surface area contributed by atoms with Crippen LogP contribution >= 0.6 is 11.6 Å². The number of anilines is 1. The Kier molecular flexibility index (Phi) is 3.36. The van der Waals surface area contributed by atoms with Gasteiger partial charge in [0.15, 0.2) is 0 Å². The number of hydrogen-bond acceptors (Lipinski definition) is 2. The summed E-state index contributed by atoms with van der Waals surface area (Å²) in [5.74, 6) is 0.587. The standard InChI is InChI=1S/C16H14ClNO2/c1-20-15-5-3-2-4-10(15)8-13-12-9-11(17)6-7-14(12)18-16(13)19/h2-7,9,13H,8H2,1H3,(H,18,19). The summed E-state index contributed by atoms with van der Waals surface area (Å²) in [4.78, 5) is 12.2. The Hall–Kier alpha value is -2.00. The summed E-state index contributed by atoms with van der Waals surface area (Å²) >= 11 is 6.03. The lowest BCUT2D eigenvalue weighted by Gasteiger charge is -2.12. The molecule has 1 aliphatic heterocycles. The highest BCUT2D eigenvalue weighted by Crippen LogP contribution is 2.37.